The summed E-state index contributed by atoms with van der Waals surface area (Å²) >= 11 is 0. The summed E-state index contributed by atoms with van der Waals surface area (Å²) in [6, 6.07) is 11.4. The van der Waals surface area contributed by atoms with E-state index in [-0.39, 0.29) is 0 Å². The predicted octanol–water partition coefficient (Wildman–Crippen LogP) is 3.58. The summed E-state index contributed by atoms with van der Waals surface area (Å²) in [5.41, 5.74) is 1.47. The summed E-state index contributed by atoms with van der Waals surface area (Å²) in [6.07, 6.45) is 3.96. The molecule has 1 aromatic rings. The van der Waals surface area contributed by atoms with Crippen LogP contribution in [0.1, 0.15) is 44.6 Å². The largest absolute Gasteiger partial charge is 0.376 e. The van der Waals surface area contributed by atoms with Crippen LogP contribution in [-0.4, -0.2) is 25.8 Å². The van der Waals surface area contributed by atoms with Crippen molar-refractivity contribution in [2.24, 2.45) is 5.92 Å². The average Bonchev–Trinajstić information content (AvgIpc) is 2.45. The van der Waals surface area contributed by atoms with Gasteiger partial charge in [-0.05, 0) is 43.7 Å². The molecule has 0 aliphatic heterocycles. The zero-order chi connectivity index (χ0) is 13.7. The maximum Gasteiger partial charge on any atom is 0.0733 e. The fraction of sp³-hybridized carbons (Fsp3) is 0.647. The van der Waals surface area contributed by atoms with Crippen molar-refractivity contribution in [3.63, 3.8) is 0 Å². The van der Waals surface area contributed by atoms with Crippen LogP contribution in [0.2, 0.25) is 0 Å². The van der Waals surface area contributed by atoms with Crippen molar-refractivity contribution in [1.29, 1.82) is 0 Å². The standard InChI is InChI=1S/C17H27NO/c1-13(2)12-19-17-11-15(9-10-16(17)18-3)14-7-5-4-6-8-14/h4-8,13,15-18H,9-12H2,1-3H3. The zero-order valence-electron chi connectivity index (χ0n) is 12.4. The molecular formula is C17H27NO. The SMILES string of the molecule is CNC1CCC(c2ccccc2)CC1OCC(C)C. The van der Waals surface area contributed by atoms with Crippen LogP contribution in [0.25, 0.3) is 0 Å². The highest BCUT2D eigenvalue weighted by molar-refractivity contribution is 5.20. The van der Waals surface area contributed by atoms with Gasteiger partial charge in [-0.2, -0.15) is 0 Å². The summed E-state index contributed by atoms with van der Waals surface area (Å²) in [5, 5.41) is 3.42. The number of hydrogen-bond donors (Lipinski definition) is 1. The second-order valence-electron chi connectivity index (χ2n) is 6.08. The van der Waals surface area contributed by atoms with Crippen molar-refractivity contribution in [3.05, 3.63) is 35.9 Å². The third kappa shape index (κ3) is 4.05. The third-order valence-electron chi connectivity index (χ3n) is 4.08. The molecule has 0 bridgehead atoms. The first kappa shape index (κ1) is 14.5. The van der Waals surface area contributed by atoms with Crippen LogP contribution in [0.3, 0.4) is 0 Å². The molecule has 0 aromatic heterocycles. The van der Waals surface area contributed by atoms with Crippen LogP contribution < -0.4 is 5.32 Å². The molecule has 0 radical (unpaired) electrons. The van der Waals surface area contributed by atoms with Crippen LogP contribution in [0.5, 0.6) is 0 Å². The second kappa shape index (κ2) is 7.06. The van der Waals surface area contributed by atoms with Gasteiger partial charge >= 0.3 is 0 Å². The molecule has 0 heterocycles. The highest BCUT2D eigenvalue weighted by atomic mass is 16.5. The van der Waals surface area contributed by atoms with Gasteiger partial charge in [0.1, 0.15) is 0 Å². The highest BCUT2D eigenvalue weighted by Gasteiger charge is 2.30. The molecule has 1 aliphatic carbocycles. The average molecular weight is 261 g/mol. The minimum Gasteiger partial charge on any atom is -0.376 e. The first-order valence-electron chi connectivity index (χ1n) is 7.54. The Bertz CT molecular complexity index is 363. The summed E-state index contributed by atoms with van der Waals surface area (Å²) in [5.74, 6) is 1.26. The fourth-order valence-electron chi connectivity index (χ4n) is 2.99. The number of nitrogens with one attached hydrogen (secondary N) is 1. The smallest absolute Gasteiger partial charge is 0.0733 e. The van der Waals surface area contributed by atoms with E-state index in [4.69, 9.17) is 4.74 Å². The fourth-order valence-corrected chi connectivity index (χ4v) is 2.99. The molecule has 1 fully saturated rings. The van der Waals surface area contributed by atoms with Crippen molar-refractivity contribution in [1.82, 2.24) is 5.32 Å². The molecule has 0 spiro atoms. The molecule has 2 rings (SSSR count). The number of rotatable bonds is 5. The minimum absolute atomic E-state index is 0.353. The van der Waals surface area contributed by atoms with Gasteiger partial charge in [0.15, 0.2) is 0 Å². The molecule has 1 aromatic carbocycles. The Morgan fingerprint density at radius 2 is 1.95 bits per heavy atom. The van der Waals surface area contributed by atoms with E-state index in [1.807, 2.05) is 0 Å². The van der Waals surface area contributed by atoms with E-state index in [1.165, 1.54) is 18.4 Å². The van der Waals surface area contributed by atoms with Crippen molar-refractivity contribution in [2.45, 2.75) is 51.2 Å². The maximum absolute atomic E-state index is 6.14. The van der Waals surface area contributed by atoms with Gasteiger partial charge in [0, 0.05) is 12.6 Å². The monoisotopic (exact) mass is 261 g/mol. The van der Waals surface area contributed by atoms with Crippen molar-refractivity contribution >= 4 is 0 Å². The van der Waals surface area contributed by atoms with Crippen LogP contribution in [0, 0.1) is 5.92 Å². The Morgan fingerprint density at radius 3 is 2.58 bits per heavy atom. The molecule has 2 heteroatoms. The first-order valence-corrected chi connectivity index (χ1v) is 7.54. The summed E-state index contributed by atoms with van der Waals surface area (Å²) in [6.45, 7) is 5.29. The molecular weight excluding hydrogens is 234 g/mol. The van der Waals surface area contributed by atoms with E-state index in [0.29, 0.717) is 24.0 Å². The Kier molecular flexibility index (Phi) is 5.41. The number of likely N-dealkylation sites (N-methyl/N-ethyl adjacent to an activating group) is 1. The lowest BCUT2D eigenvalue weighted by Crippen LogP contribution is -2.44. The van der Waals surface area contributed by atoms with Gasteiger partial charge in [-0.15, -0.1) is 0 Å². The van der Waals surface area contributed by atoms with Crippen molar-refractivity contribution in [2.75, 3.05) is 13.7 Å². The summed E-state index contributed by atoms with van der Waals surface area (Å²) in [4.78, 5) is 0. The van der Waals surface area contributed by atoms with E-state index in [2.05, 4.69) is 56.5 Å². The molecule has 1 N–H and O–H groups in total. The quantitative estimate of drug-likeness (QED) is 0.874. The third-order valence-corrected chi connectivity index (χ3v) is 4.08. The molecule has 3 atom stereocenters. The zero-order valence-corrected chi connectivity index (χ0v) is 12.4. The van der Waals surface area contributed by atoms with E-state index >= 15 is 0 Å². The molecule has 1 aliphatic rings. The van der Waals surface area contributed by atoms with Gasteiger partial charge in [-0.25, -0.2) is 0 Å². The van der Waals surface area contributed by atoms with Gasteiger partial charge in [0.2, 0.25) is 0 Å². The molecule has 2 nitrogen and oxygen atoms in total. The Hall–Kier alpha value is -0.860. The Balaban J connectivity index is 1.99. The van der Waals surface area contributed by atoms with Gasteiger partial charge < -0.3 is 10.1 Å². The Morgan fingerprint density at radius 1 is 1.21 bits per heavy atom. The summed E-state index contributed by atoms with van der Waals surface area (Å²) in [7, 11) is 2.05. The summed E-state index contributed by atoms with van der Waals surface area (Å²) < 4.78 is 6.14. The number of hydrogen-bond acceptors (Lipinski definition) is 2. The molecule has 106 valence electrons. The molecule has 19 heavy (non-hydrogen) atoms. The highest BCUT2D eigenvalue weighted by Crippen LogP contribution is 2.34. The van der Waals surface area contributed by atoms with E-state index in [9.17, 15) is 0 Å². The minimum atomic E-state index is 0.353. The molecule has 0 amide bonds. The van der Waals surface area contributed by atoms with Gasteiger partial charge in [0.05, 0.1) is 6.10 Å². The van der Waals surface area contributed by atoms with E-state index in [0.717, 1.165) is 13.0 Å². The molecule has 3 unspecified atom stereocenters. The molecule has 0 saturated heterocycles. The number of ether oxygens (including phenoxy) is 1. The van der Waals surface area contributed by atoms with Crippen molar-refractivity contribution in [3.8, 4) is 0 Å². The second-order valence-corrected chi connectivity index (χ2v) is 6.08. The van der Waals surface area contributed by atoms with Crippen molar-refractivity contribution < 1.29 is 4.74 Å². The van der Waals surface area contributed by atoms with Crippen LogP contribution >= 0.6 is 0 Å². The lowest BCUT2D eigenvalue weighted by molar-refractivity contribution is -0.0108. The maximum atomic E-state index is 6.14. The van der Waals surface area contributed by atoms with Gasteiger partial charge in [-0.1, -0.05) is 44.2 Å². The predicted molar refractivity (Wildman–Crippen MR) is 80.5 cm³/mol. The topological polar surface area (TPSA) is 21.3 Å². The van der Waals surface area contributed by atoms with E-state index in [1.54, 1.807) is 0 Å². The Labute approximate surface area is 117 Å². The lowest BCUT2D eigenvalue weighted by Gasteiger charge is -2.36. The van der Waals surface area contributed by atoms with Crippen LogP contribution in [0.4, 0.5) is 0 Å². The van der Waals surface area contributed by atoms with Crippen LogP contribution in [0.15, 0.2) is 30.3 Å². The normalized spacial score (nSPS) is 27.7. The van der Waals surface area contributed by atoms with Gasteiger partial charge in [0.25, 0.3) is 0 Å². The van der Waals surface area contributed by atoms with Crippen LogP contribution in [-0.2, 0) is 4.74 Å². The molecule has 1 saturated carbocycles. The lowest BCUT2D eigenvalue weighted by atomic mass is 9.80. The number of benzene rings is 1. The van der Waals surface area contributed by atoms with E-state index < -0.39 is 0 Å². The van der Waals surface area contributed by atoms with Gasteiger partial charge in [-0.3, -0.25) is 0 Å². The first-order chi connectivity index (χ1) is 9.20.